The number of aromatic nitrogens is 1. The van der Waals surface area contributed by atoms with Crippen LogP contribution in [0.1, 0.15) is 42.4 Å². The first-order chi connectivity index (χ1) is 19.8. The van der Waals surface area contributed by atoms with Crippen molar-refractivity contribution in [2.75, 3.05) is 33.4 Å². The summed E-state index contributed by atoms with van der Waals surface area (Å²) in [4.78, 5) is 41.0. The number of thiazole rings is 1. The number of carboxylic acids is 1. The molecular weight excluding hydrogens is 575 g/mol. The number of rotatable bonds is 9. The zero-order valence-electron chi connectivity index (χ0n) is 23.6. The van der Waals surface area contributed by atoms with Crippen LogP contribution in [0, 0.1) is 18.2 Å². The number of nitrogens with one attached hydrogen (secondary N) is 1. The van der Waals surface area contributed by atoms with Gasteiger partial charge in [-0.3, -0.25) is 19.5 Å². The highest BCUT2D eigenvalue weighted by molar-refractivity contribution is 7.11. The number of carbonyl (C=O) groups excluding carboxylic acids is 1. The van der Waals surface area contributed by atoms with Crippen LogP contribution < -0.4 is 5.32 Å². The fourth-order valence-corrected chi connectivity index (χ4v) is 6.14. The van der Waals surface area contributed by atoms with Crippen molar-refractivity contribution in [1.29, 1.82) is 0 Å². The van der Waals surface area contributed by atoms with Gasteiger partial charge in [0.2, 0.25) is 0 Å². The molecule has 5 rings (SSSR count). The van der Waals surface area contributed by atoms with Gasteiger partial charge in [-0.2, -0.15) is 5.06 Å². The number of methoxy groups -OCH3 is 1. The van der Waals surface area contributed by atoms with E-state index >= 15 is 8.78 Å². The van der Waals surface area contributed by atoms with Crippen LogP contribution in [0.5, 0.6) is 0 Å². The minimum Gasteiger partial charge on any atom is -0.481 e. The number of alkyl halides is 2. The van der Waals surface area contributed by atoms with Gasteiger partial charge in [0.05, 0.1) is 37.3 Å². The van der Waals surface area contributed by atoms with Crippen molar-refractivity contribution < 1.29 is 37.4 Å². The maximum Gasteiger partial charge on any atom is 0.338 e. The highest BCUT2D eigenvalue weighted by atomic mass is 32.1. The van der Waals surface area contributed by atoms with Crippen molar-refractivity contribution >= 4 is 29.1 Å². The molecule has 3 aliphatic rings. The van der Waals surface area contributed by atoms with E-state index in [2.05, 4.69) is 10.3 Å². The number of hydrogen-bond acceptors (Lipinski definition) is 10. The van der Waals surface area contributed by atoms with Gasteiger partial charge in [0.15, 0.2) is 10.8 Å². The Balaban J connectivity index is 1.49. The molecule has 2 aromatic rings. The Hall–Kier alpha value is -3.33. The molecule has 2 saturated heterocycles. The van der Waals surface area contributed by atoms with Gasteiger partial charge in [0.25, 0.3) is 5.92 Å². The molecule has 1 aromatic heterocycles. The van der Waals surface area contributed by atoms with Gasteiger partial charge in [-0.25, -0.2) is 22.9 Å². The molecule has 0 radical (unpaired) electrons. The zero-order valence-corrected chi connectivity index (χ0v) is 24.4. The standard InChI is InChI=1S/C28H32F3N5O5S/c1-15-16(6-5-7-17(15)29)21-20(25(37)40-4)18(33-23(34-21)24-32-9-11-42-24)12-35-14-28(30,31)22-19(35)13-41-36(22)10-8-27(2,3)26(38)39/h5-7,9,11,19,21-22H,8,10,12-14H2,1-4H3,(H,33,34)(H,38,39)/t19-,21-,22+/m0/s1. The van der Waals surface area contributed by atoms with Crippen LogP contribution >= 0.6 is 11.3 Å². The molecule has 226 valence electrons. The van der Waals surface area contributed by atoms with E-state index in [0.29, 0.717) is 22.0 Å². The van der Waals surface area contributed by atoms with E-state index in [-0.39, 0.29) is 37.4 Å². The van der Waals surface area contributed by atoms with E-state index in [0.717, 1.165) is 0 Å². The number of aliphatic imine (C=N–C) groups is 1. The fraction of sp³-hybridized carbons (Fsp3) is 0.500. The quantitative estimate of drug-likeness (QED) is 0.413. The summed E-state index contributed by atoms with van der Waals surface area (Å²) in [5.74, 6) is -5.08. The second-order valence-corrected chi connectivity index (χ2v) is 12.1. The predicted octanol–water partition coefficient (Wildman–Crippen LogP) is 3.55. The lowest BCUT2D eigenvalue weighted by Crippen LogP contribution is -2.46. The van der Waals surface area contributed by atoms with E-state index < -0.39 is 53.8 Å². The Morgan fingerprint density at radius 3 is 2.76 bits per heavy atom. The van der Waals surface area contributed by atoms with Gasteiger partial charge < -0.3 is 15.2 Å². The van der Waals surface area contributed by atoms with Crippen LogP contribution in [0.2, 0.25) is 0 Å². The van der Waals surface area contributed by atoms with E-state index in [1.165, 1.54) is 49.5 Å². The second kappa shape index (κ2) is 11.4. The number of benzene rings is 1. The smallest absolute Gasteiger partial charge is 0.338 e. The Bertz CT molecular complexity index is 1430. The van der Waals surface area contributed by atoms with Gasteiger partial charge in [-0.1, -0.05) is 12.1 Å². The fourth-order valence-electron chi connectivity index (χ4n) is 5.56. The molecule has 2 fully saturated rings. The predicted molar refractivity (Wildman–Crippen MR) is 147 cm³/mol. The number of carbonyl (C=O) groups is 2. The van der Waals surface area contributed by atoms with Crippen LogP contribution in [-0.4, -0.2) is 89.2 Å². The van der Waals surface area contributed by atoms with Crippen molar-refractivity contribution in [3.05, 3.63) is 63.0 Å². The third-order valence-electron chi connectivity index (χ3n) is 8.07. The van der Waals surface area contributed by atoms with E-state index in [9.17, 15) is 19.1 Å². The lowest BCUT2D eigenvalue weighted by atomic mass is 9.89. The highest BCUT2D eigenvalue weighted by Gasteiger charge is 2.61. The number of halogens is 3. The number of fused-ring (bicyclic) bond motifs is 1. The molecule has 0 unspecified atom stereocenters. The van der Waals surface area contributed by atoms with Crippen molar-refractivity contribution in [2.45, 2.75) is 51.2 Å². The van der Waals surface area contributed by atoms with Crippen molar-refractivity contribution in [3.63, 3.8) is 0 Å². The van der Waals surface area contributed by atoms with Crippen LogP contribution in [0.4, 0.5) is 13.2 Å². The molecule has 42 heavy (non-hydrogen) atoms. The first-order valence-electron chi connectivity index (χ1n) is 13.4. The molecule has 14 heteroatoms. The topological polar surface area (TPSA) is 117 Å². The third kappa shape index (κ3) is 5.55. The number of carboxylic acid groups (broad SMARTS) is 1. The molecule has 3 atom stereocenters. The number of hydroxylamine groups is 2. The molecule has 1 aromatic carbocycles. The summed E-state index contributed by atoms with van der Waals surface area (Å²) < 4.78 is 50.8. The summed E-state index contributed by atoms with van der Waals surface area (Å²) in [6.45, 7) is 3.92. The number of nitrogens with zero attached hydrogens (tertiary/aromatic N) is 4. The third-order valence-corrected chi connectivity index (χ3v) is 8.85. The lowest BCUT2D eigenvalue weighted by Gasteiger charge is -2.31. The summed E-state index contributed by atoms with van der Waals surface area (Å²) in [7, 11) is 1.21. The van der Waals surface area contributed by atoms with Gasteiger partial charge in [-0.15, -0.1) is 11.3 Å². The molecular formula is C28H32F3N5O5S. The molecule has 3 aliphatic heterocycles. The SMILES string of the molecule is COC(=O)C1=C(CN2CC(F)(F)[C@H]3[C@@H]2CON3CCC(C)(C)C(=O)O)NC(c2nccs2)=N[C@H]1c1cccc(F)c1C. The molecule has 0 amide bonds. The maximum atomic E-state index is 15.5. The monoisotopic (exact) mass is 607 g/mol. The lowest BCUT2D eigenvalue weighted by molar-refractivity contribution is -0.186. The van der Waals surface area contributed by atoms with Crippen LogP contribution in [-0.2, 0) is 19.2 Å². The first kappa shape index (κ1) is 30.1. The largest absolute Gasteiger partial charge is 0.481 e. The average molecular weight is 608 g/mol. The minimum atomic E-state index is -3.18. The van der Waals surface area contributed by atoms with E-state index in [1.54, 1.807) is 29.5 Å². The molecule has 4 heterocycles. The highest BCUT2D eigenvalue weighted by Crippen LogP contribution is 2.42. The number of hydrogen-bond donors (Lipinski definition) is 2. The molecule has 2 N–H and O–H groups in total. The number of ether oxygens (including phenoxy) is 1. The first-order valence-corrected chi connectivity index (χ1v) is 14.3. The van der Waals surface area contributed by atoms with Gasteiger partial charge >= 0.3 is 11.9 Å². The summed E-state index contributed by atoms with van der Waals surface area (Å²) in [6.07, 6.45) is 1.71. The summed E-state index contributed by atoms with van der Waals surface area (Å²) in [5.41, 5.74) is -0.0136. The van der Waals surface area contributed by atoms with Crippen molar-refractivity contribution in [2.24, 2.45) is 10.4 Å². The number of esters is 1. The molecule has 0 bridgehead atoms. The molecule has 0 saturated carbocycles. The van der Waals surface area contributed by atoms with E-state index in [4.69, 9.17) is 14.6 Å². The Morgan fingerprint density at radius 2 is 2.10 bits per heavy atom. The number of likely N-dealkylation sites (tertiary alicyclic amines) is 1. The van der Waals surface area contributed by atoms with Crippen molar-refractivity contribution in [1.82, 2.24) is 20.3 Å². The maximum absolute atomic E-state index is 15.5. The Morgan fingerprint density at radius 1 is 1.33 bits per heavy atom. The van der Waals surface area contributed by atoms with Crippen LogP contribution in [0.3, 0.4) is 0 Å². The van der Waals surface area contributed by atoms with Crippen molar-refractivity contribution in [3.8, 4) is 0 Å². The number of amidine groups is 1. The summed E-state index contributed by atoms with van der Waals surface area (Å²) >= 11 is 1.30. The normalized spacial score (nSPS) is 24.4. The summed E-state index contributed by atoms with van der Waals surface area (Å²) in [6, 6.07) is 1.48. The van der Waals surface area contributed by atoms with Gasteiger partial charge in [-0.05, 0) is 44.4 Å². The Labute approximate surface area is 244 Å². The molecule has 0 spiro atoms. The Kier molecular flexibility index (Phi) is 8.18. The van der Waals surface area contributed by atoms with Gasteiger partial charge in [0, 0.05) is 30.4 Å². The second-order valence-electron chi connectivity index (χ2n) is 11.2. The van der Waals surface area contributed by atoms with Gasteiger partial charge in [0.1, 0.15) is 17.9 Å². The summed E-state index contributed by atoms with van der Waals surface area (Å²) in [5, 5.41) is 16.0. The van der Waals surface area contributed by atoms with Crippen LogP contribution in [0.25, 0.3) is 0 Å². The molecule has 10 nitrogen and oxygen atoms in total. The zero-order chi connectivity index (χ0) is 30.4. The van der Waals surface area contributed by atoms with Crippen LogP contribution in [0.15, 0.2) is 46.0 Å². The van der Waals surface area contributed by atoms with E-state index in [1.807, 2.05) is 0 Å². The average Bonchev–Trinajstić information content (AvgIpc) is 3.67. The molecule has 0 aliphatic carbocycles. The minimum absolute atomic E-state index is 0.0139. The number of aliphatic carboxylic acids is 1.